The molecule has 0 spiro atoms. The Morgan fingerprint density at radius 2 is 1.88 bits per heavy atom. The smallest absolute Gasteiger partial charge is 0.343 e. The Hall–Kier alpha value is -4.32. The van der Waals surface area contributed by atoms with Crippen molar-refractivity contribution in [3.63, 3.8) is 0 Å². The first kappa shape index (κ1) is 21.5. The molecule has 5 rings (SSSR count). The summed E-state index contributed by atoms with van der Waals surface area (Å²) in [4.78, 5) is 25.6. The van der Waals surface area contributed by atoms with E-state index in [2.05, 4.69) is 11.5 Å². The van der Waals surface area contributed by atoms with Gasteiger partial charge in [-0.25, -0.2) is 4.79 Å². The third kappa shape index (κ3) is 3.63. The van der Waals surface area contributed by atoms with Crippen LogP contribution in [0.1, 0.15) is 38.8 Å². The van der Waals surface area contributed by atoms with Crippen molar-refractivity contribution in [1.29, 1.82) is 0 Å². The van der Waals surface area contributed by atoms with Crippen molar-refractivity contribution in [3.8, 4) is 17.2 Å². The van der Waals surface area contributed by atoms with Crippen molar-refractivity contribution < 1.29 is 23.8 Å². The van der Waals surface area contributed by atoms with Gasteiger partial charge in [0.15, 0.2) is 5.76 Å². The Kier molecular flexibility index (Phi) is 5.42. The SMILES string of the molecule is CCn1cc(/C=C2/Oc3c(ccc(OC(=O)c4ccccc4)c3C)C2=O)c2cc(OC)ccc21. The molecule has 1 aromatic heterocycles. The summed E-state index contributed by atoms with van der Waals surface area (Å²) in [5.41, 5.74) is 3.39. The van der Waals surface area contributed by atoms with E-state index >= 15 is 0 Å². The lowest BCUT2D eigenvalue weighted by molar-refractivity contribution is 0.0733. The fraction of sp³-hybridized carbons (Fsp3) is 0.143. The molecule has 4 aromatic rings. The fourth-order valence-corrected chi connectivity index (χ4v) is 4.16. The van der Waals surface area contributed by atoms with Gasteiger partial charge in [-0.2, -0.15) is 0 Å². The molecule has 0 N–H and O–H groups in total. The maximum atomic E-state index is 13.1. The quantitative estimate of drug-likeness (QED) is 0.217. The Morgan fingerprint density at radius 3 is 2.62 bits per heavy atom. The van der Waals surface area contributed by atoms with Crippen molar-refractivity contribution in [1.82, 2.24) is 4.57 Å². The predicted molar refractivity (Wildman–Crippen MR) is 130 cm³/mol. The minimum absolute atomic E-state index is 0.209. The van der Waals surface area contributed by atoms with Crippen LogP contribution in [0.3, 0.4) is 0 Å². The molecule has 0 fully saturated rings. The molecule has 0 saturated heterocycles. The average molecular weight is 453 g/mol. The maximum absolute atomic E-state index is 13.1. The Labute approximate surface area is 197 Å². The Balaban J connectivity index is 1.49. The third-order valence-electron chi connectivity index (χ3n) is 6.00. The summed E-state index contributed by atoms with van der Waals surface area (Å²) in [6.07, 6.45) is 3.75. The third-order valence-corrected chi connectivity index (χ3v) is 6.00. The zero-order valence-electron chi connectivity index (χ0n) is 19.1. The van der Waals surface area contributed by atoms with Crippen LogP contribution < -0.4 is 14.2 Å². The number of methoxy groups -OCH3 is 1. The number of rotatable bonds is 5. The largest absolute Gasteiger partial charge is 0.497 e. The van der Waals surface area contributed by atoms with E-state index in [0.29, 0.717) is 28.2 Å². The van der Waals surface area contributed by atoms with Crippen LogP contribution in [-0.4, -0.2) is 23.4 Å². The summed E-state index contributed by atoms with van der Waals surface area (Å²) in [6, 6.07) is 17.9. The lowest BCUT2D eigenvalue weighted by Gasteiger charge is -2.10. The number of ether oxygens (including phenoxy) is 3. The lowest BCUT2D eigenvalue weighted by Crippen LogP contribution is -2.09. The van der Waals surface area contributed by atoms with Crippen molar-refractivity contribution in [3.05, 3.63) is 94.9 Å². The van der Waals surface area contributed by atoms with Gasteiger partial charge in [0.25, 0.3) is 0 Å². The minimum atomic E-state index is -0.468. The number of ketones is 1. The van der Waals surface area contributed by atoms with Gasteiger partial charge < -0.3 is 18.8 Å². The first-order valence-corrected chi connectivity index (χ1v) is 11.0. The van der Waals surface area contributed by atoms with Gasteiger partial charge in [0.2, 0.25) is 5.78 Å². The first-order chi connectivity index (χ1) is 16.5. The van der Waals surface area contributed by atoms with Gasteiger partial charge in [0, 0.05) is 34.8 Å². The number of carbonyl (C=O) groups excluding carboxylic acids is 2. The average Bonchev–Trinajstić information content (AvgIpc) is 3.38. The molecule has 0 amide bonds. The molecule has 0 aliphatic carbocycles. The number of hydrogen-bond donors (Lipinski definition) is 0. The topological polar surface area (TPSA) is 66.8 Å². The summed E-state index contributed by atoms with van der Waals surface area (Å²) in [5.74, 6) is 1.05. The molecule has 170 valence electrons. The van der Waals surface area contributed by atoms with Gasteiger partial charge in [-0.15, -0.1) is 0 Å². The highest BCUT2D eigenvalue weighted by atomic mass is 16.5. The first-order valence-electron chi connectivity index (χ1n) is 11.0. The summed E-state index contributed by atoms with van der Waals surface area (Å²) >= 11 is 0. The van der Waals surface area contributed by atoms with E-state index in [0.717, 1.165) is 28.8 Å². The second kappa shape index (κ2) is 8.56. The lowest BCUT2D eigenvalue weighted by atomic mass is 10.1. The number of carbonyl (C=O) groups is 2. The maximum Gasteiger partial charge on any atom is 0.343 e. The molecular formula is C28H23NO5. The second-order valence-electron chi connectivity index (χ2n) is 8.01. The Morgan fingerprint density at radius 1 is 1.09 bits per heavy atom. The molecule has 0 saturated carbocycles. The number of allylic oxidation sites excluding steroid dienone is 1. The standard InChI is InChI=1S/C28H23NO5/c1-4-29-16-19(22-15-20(32-3)10-12-23(22)29)14-25-26(30)21-11-13-24(17(2)27(21)33-25)34-28(31)18-8-6-5-7-9-18/h5-16H,4H2,1-3H3/b25-14+. The number of aryl methyl sites for hydroxylation is 1. The molecular weight excluding hydrogens is 430 g/mol. The summed E-state index contributed by atoms with van der Waals surface area (Å²) < 4.78 is 19.1. The van der Waals surface area contributed by atoms with Gasteiger partial charge in [-0.1, -0.05) is 18.2 Å². The van der Waals surface area contributed by atoms with E-state index in [9.17, 15) is 9.59 Å². The second-order valence-corrected chi connectivity index (χ2v) is 8.01. The summed E-state index contributed by atoms with van der Waals surface area (Å²) in [6.45, 7) is 4.63. The van der Waals surface area contributed by atoms with E-state index in [1.54, 1.807) is 56.5 Å². The van der Waals surface area contributed by atoms with Crippen LogP contribution in [0.2, 0.25) is 0 Å². The summed E-state index contributed by atoms with van der Waals surface area (Å²) in [5, 5.41) is 0.968. The van der Waals surface area contributed by atoms with Crippen LogP contribution in [0.5, 0.6) is 17.2 Å². The number of hydrogen-bond acceptors (Lipinski definition) is 5. The van der Waals surface area contributed by atoms with Gasteiger partial charge in [-0.3, -0.25) is 4.79 Å². The van der Waals surface area contributed by atoms with Crippen LogP contribution in [0.4, 0.5) is 0 Å². The number of esters is 1. The molecule has 3 aromatic carbocycles. The normalized spacial score (nSPS) is 13.7. The minimum Gasteiger partial charge on any atom is -0.497 e. The fourth-order valence-electron chi connectivity index (χ4n) is 4.16. The molecule has 34 heavy (non-hydrogen) atoms. The zero-order chi connectivity index (χ0) is 23.8. The zero-order valence-corrected chi connectivity index (χ0v) is 19.1. The number of Topliss-reactive ketones (excluding diaryl/α,β-unsaturated/α-hetero) is 1. The van der Waals surface area contributed by atoms with Crippen LogP contribution in [0, 0.1) is 6.92 Å². The van der Waals surface area contributed by atoms with E-state index in [4.69, 9.17) is 14.2 Å². The van der Waals surface area contributed by atoms with Gasteiger partial charge in [0.1, 0.15) is 17.2 Å². The van der Waals surface area contributed by atoms with Crippen molar-refractivity contribution in [2.75, 3.05) is 7.11 Å². The van der Waals surface area contributed by atoms with Crippen molar-refractivity contribution in [2.45, 2.75) is 20.4 Å². The predicted octanol–water partition coefficient (Wildman–Crippen LogP) is 5.81. The molecule has 1 aliphatic rings. The number of nitrogens with zero attached hydrogens (tertiary/aromatic N) is 1. The van der Waals surface area contributed by atoms with E-state index in [1.165, 1.54) is 0 Å². The van der Waals surface area contributed by atoms with E-state index in [1.807, 2.05) is 30.5 Å². The molecule has 2 heterocycles. The van der Waals surface area contributed by atoms with E-state index in [-0.39, 0.29) is 11.5 Å². The van der Waals surface area contributed by atoms with Crippen LogP contribution in [0.25, 0.3) is 17.0 Å². The molecule has 0 bridgehead atoms. The van der Waals surface area contributed by atoms with Crippen molar-refractivity contribution >= 4 is 28.7 Å². The Bertz CT molecular complexity index is 1460. The highest BCUT2D eigenvalue weighted by Gasteiger charge is 2.31. The summed E-state index contributed by atoms with van der Waals surface area (Å²) in [7, 11) is 1.63. The van der Waals surface area contributed by atoms with Crippen LogP contribution in [-0.2, 0) is 6.54 Å². The number of fused-ring (bicyclic) bond motifs is 2. The van der Waals surface area contributed by atoms with Gasteiger partial charge >= 0.3 is 5.97 Å². The highest BCUT2D eigenvalue weighted by molar-refractivity contribution is 6.15. The number of aromatic nitrogens is 1. The molecule has 0 atom stereocenters. The van der Waals surface area contributed by atoms with Crippen LogP contribution >= 0.6 is 0 Å². The van der Waals surface area contributed by atoms with E-state index < -0.39 is 5.97 Å². The highest BCUT2D eigenvalue weighted by Crippen LogP contribution is 2.40. The van der Waals surface area contributed by atoms with Gasteiger partial charge in [-0.05, 0) is 62.4 Å². The molecule has 0 radical (unpaired) electrons. The van der Waals surface area contributed by atoms with Crippen LogP contribution in [0.15, 0.2) is 72.6 Å². The molecule has 0 unspecified atom stereocenters. The number of benzene rings is 3. The molecule has 1 aliphatic heterocycles. The molecule has 6 nitrogen and oxygen atoms in total. The molecule has 6 heteroatoms. The van der Waals surface area contributed by atoms with Crippen molar-refractivity contribution in [2.24, 2.45) is 0 Å². The van der Waals surface area contributed by atoms with Gasteiger partial charge in [0.05, 0.1) is 18.2 Å². The monoisotopic (exact) mass is 453 g/mol.